The van der Waals surface area contributed by atoms with E-state index in [1.807, 2.05) is 43.3 Å². The topological polar surface area (TPSA) is 178 Å². The lowest BCUT2D eigenvalue weighted by atomic mass is 10.0. The number of aromatic nitrogens is 4. The van der Waals surface area contributed by atoms with Crippen LogP contribution in [0.25, 0.3) is 11.4 Å². The highest BCUT2D eigenvalue weighted by atomic mass is 16.6. The molecule has 0 unspecified atom stereocenters. The van der Waals surface area contributed by atoms with Crippen molar-refractivity contribution in [1.29, 1.82) is 0 Å². The molecular weight excluding hydrogens is 594 g/mol. The molecule has 0 spiro atoms. The predicted molar refractivity (Wildman–Crippen MR) is 166 cm³/mol. The zero-order valence-corrected chi connectivity index (χ0v) is 26.8. The summed E-state index contributed by atoms with van der Waals surface area (Å²) in [7, 11) is 0. The predicted octanol–water partition coefficient (Wildman–Crippen LogP) is 3.25. The third-order valence-corrected chi connectivity index (χ3v) is 8.51. The maximum atomic E-state index is 14.2. The number of amides is 3. The molecule has 248 valence electrons. The molecule has 3 N–H and O–H groups in total. The Hall–Kier alpha value is -4.49. The summed E-state index contributed by atoms with van der Waals surface area (Å²) in [4.78, 5) is 56.0. The quantitative estimate of drug-likeness (QED) is 0.398. The average molecular weight is 638 g/mol. The number of carboxylic acid groups (broad SMARTS) is 1. The van der Waals surface area contributed by atoms with Crippen molar-refractivity contribution in [3.05, 3.63) is 36.4 Å². The van der Waals surface area contributed by atoms with Crippen molar-refractivity contribution in [2.45, 2.75) is 102 Å². The molecule has 5 rings (SSSR count). The number of carbonyl (C=O) groups is 4. The minimum Gasteiger partial charge on any atom is -0.494 e. The van der Waals surface area contributed by atoms with Crippen molar-refractivity contribution in [3.63, 3.8) is 0 Å². The van der Waals surface area contributed by atoms with Crippen LogP contribution >= 0.6 is 0 Å². The van der Waals surface area contributed by atoms with Crippen molar-refractivity contribution < 1.29 is 33.8 Å². The molecule has 1 aromatic carbocycles. The zero-order valence-electron chi connectivity index (χ0n) is 26.8. The Balaban J connectivity index is 1.42. The maximum Gasteiger partial charge on any atom is 0.408 e. The molecule has 2 aromatic rings. The summed E-state index contributed by atoms with van der Waals surface area (Å²) < 4.78 is 11.0. The fraction of sp³-hybridized carbons (Fsp3) is 0.594. The van der Waals surface area contributed by atoms with Crippen molar-refractivity contribution in [2.24, 2.45) is 5.92 Å². The fourth-order valence-corrected chi connectivity index (χ4v) is 6.06. The first kappa shape index (κ1) is 32.9. The zero-order chi connectivity index (χ0) is 33.1. The van der Waals surface area contributed by atoms with Crippen molar-refractivity contribution in [1.82, 2.24) is 35.7 Å². The Bertz CT molecular complexity index is 1470. The molecule has 1 saturated carbocycles. The monoisotopic (exact) mass is 637 g/mol. The van der Waals surface area contributed by atoms with Gasteiger partial charge in [-0.3, -0.25) is 9.59 Å². The molecular formula is C32H43N7O7. The molecule has 0 radical (unpaired) electrons. The Morgan fingerprint density at radius 3 is 2.61 bits per heavy atom. The summed E-state index contributed by atoms with van der Waals surface area (Å²) in [6, 6.07) is 4.76. The number of hydrogen-bond acceptors (Lipinski definition) is 9. The Kier molecular flexibility index (Phi) is 9.63. The first-order valence-corrected chi connectivity index (χ1v) is 15.9. The first-order valence-electron chi connectivity index (χ1n) is 15.9. The van der Waals surface area contributed by atoms with Crippen LogP contribution in [0.2, 0.25) is 0 Å². The summed E-state index contributed by atoms with van der Waals surface area (Å²) in [5.41, 5.74) is -1.48. The number of allylic oxidation sites excluding steroid dienone is 1. The average Bonchev–Trinajstić information content (AvgIpc) is 3.31. The Labute approximate surface area is 267 Å². The molecule has 14 heteroatoms. The standard InChI is InChI=1S/C32H43N7O7/c1-5-45-23-15-13-20(14-16-23)26-35-37-39(36-26)22-17-25-27(40)34-32(29(42)43)18-21(32)11-9-7-6-8-10-12-24(28(41)38(25)19-22)33-30(44)46-31(2,3)4/h9,11,13-16,21-22,24-25H,5-8,10,12,17-19H2,1-4H3,(H,33,44)(H,34,40)(H,42,43)/b11-9-/t21-,22+,24-,25-,32+/m0/s1. The summed E-state index contributed by atoms with van der Waals surface area (Å²) >= 11 is 0. The number of tetrazole rings is 1. The first-order chi connectivity index (χ1) is 21.9. The molecule has 1 aliphatic carbocycles. The molecule has 2 fully saturated rings. The molecule has 3 amide bonds. The Morgan fingerprint density at radius 2 is 1.91 bits per heavy atom. The van der Waals surface area contributed by atoms with E-state index in [2.05, 4.69) is 26.0 Å². The second-order valence-electron chi connectivity index (χ2n) is 13.1. The number of hydrogen-bond donors (Lipinski definition) is 3. The van der Waals surface area contributed by atoms with E-state index in [4.69, 9.17) is 9.47 Å². The van der Waals surface area contributed by atoms with Gasteiger partial charge in [0.1, 0.15) is 29.0 Å². The van der Waals surface area contributed by atoms with E-state index in [0.29, 0.717) is 36.6 Å². The van der Waals surface area contributed by atoms with Crippen LogP contribution in [0.15, 0.2) is 36.4 Å². The number of nitrogens with zero attached hydrogens (tertiary/aromatic N) is 5. The van der Waals surface area contributed by atoms with Gasteiger partial charge >= 0.3 is 12.1 Å². The van der Waals surface area contributed by atoms with E-state index in [-0.39, 0.29) is 25.3 Å². The van der Waals surface area contributed by atoms with Gasteiger partial charge in [0, 0.05) is 24.4 Å². The molecule has 3 aliphatic rings. The Morgan fingerprint density at radius 1 is 1.15 bits per heavy atom. The van der Waals surface area contributed by atoms with Gasteiger partial charge in [0.05, 0.1) is 12.6 Å². The van der Waals surface area contributed by atoms with Crippen molar-refractivity contribution >= 4 is 23.9 Å². The van der Waals surface area contributed by atoms with Gasteiger partial charge in [0.2, 0.25) is 17.6 Å². The van der Waals surface area contributed by atoms with Gasteiger partial charge in [0.15, 0.2) is 0 Å². The highest BCUT2D eigenvalue weighted by Crippen LogP contribution is 2.45. The third-order valence-electron chi connectivity index (χ3n) is 8.51. The van der Waals surface area contributed by atoms with Crippen LogP contribution in [0.1, 0.15) is 78.7 Å². The second kappa shape index (κ2) is 13.5. The molecule has 46 heavy (non-hydrogen) atoms. The van der Waals surface area contributed by atoms with Crippen LogP contribution in [-0.2, 0) is 19.1 Å². The number of alkyl carbamates (subject to hydrolysis) is 1. The number of ether oxygens (including phenoxy) is 2. The van der Waals surface area contributed by atoms with E-state index in [1.54, 1.807) is 20.8 Å². The van der Waals surface area contributed by atoms with Gasteiger partial charge in [-0.15, -0.1) is 10.2 Å². The van der Waals surface area contributed by atoms with Crippen molar-refractivity contribution in [3.8, 4) is 17.1 Å². The summed E-state index contributed by atoms with van der Waals surface area (Å²) in [6.45, 7) is 7.71. The van der Waals surface area contributed by atoms with Crippen LogP contribution in [0, 0.1) is 5.92 Å². The summed E-state index contributed by atoms with van der Waals surface area (Å²) in [5, 5.41) is 28.6. The summed E-state index contributed by atoms with van der Waals surface area (Å²) in [5.74, 6) is -1.40. The number of carbonyl (C=O) groups excluding carboxylic acids is 3. The number of aliphatic carboxylic acids is 1. The number of fused-ring (bicyclic) bond motifs is 2. The van der Waals surface area contributed by atoms with Gasteiger partial charge < -0.3 is 30.1 Å². The van der Waals surface area contributed by atoms with Crippen LogP contribution < -0.4 is 15.4 Å². The largest absolute Gasteiger partial charge is 0.494 e. The van der Waals surface area contributed by atoms with E-state index < -0.39 is 53.1 Å². The van der Waals surface area contributed by atoms with Crippen LogP contribution in [0.5, 0.6) is 5.75 Å². The lowest BCUT2D eigenvalue weighted by Gasteiger charge is -2.30. The third kappa shape index (κ3) is 7.48. The summed E-state index contributed by atoms with van der Waals surface area (Å²) in [6.07, 6.45) is 6.90. The van der Waals surface area contributed by atoms with Crippen LogP contribution in [0.3, 0.4) is 0 Å². The molecule has 14 nitrogen and oxygen atoms in total. The fourth-order valence-electron chi connectivity index (χ4n) is 6.06. The minimum atomic E-state index is -1.43. The molecule has 1 saturated heterocycles. The van der Waals surface area contributed by atoms with Gasteiger partial charge in [-0.2, -0.15) is 4.80 Å². The van der Waals surface area contributed by atoms with Crippen LogP contribution in [-0.4, -0.2) is 90.5 Å². The lowest BCUT2D eigenvalue weighted by molar-refractivity contribution is -0.145. The highest BCUT2D eigenvalue weighted by molar-refractivity contribution is 5.96. The van der Waals surface area contributed by atoms with Gasteiger partial charge in [-0.05, 0) is 82.9 Å². The highest BCUT2D eigenvalue weighted by Gasteiger charge is 2.61. The van der Waals surface area contributed by atoms with E-state index in [0.717, 1.165) is 19.3 Å². The molecule has 3 heterocycles. The van der Waals surface area contributed by atoms with Gasteiger partial charge in [-0.1, -0.05) is 25.0 Å². The minimum absolute atomic E-state index is 0.0614. The van der Waals surface area contributed by atoms with Gasteiger partial charge in [0.25, 0.3) is 0 Å². The molecule has 1 aromatic heterocycles. The maximum absolute atomic E-state index is 14.2. The SMILES string of the molecule is CCOc1ccc(-c2nnn([C@@H]3C[C@H]4C(=O)N[C@]5(C(=O)O)C[C@@H]5/C=C\CCCCC[C@H](NC(=O)OC(C)(C)C)C(=O)N4C3)n2)cc1. The van der Waals surface area contributed by atoms with Crippen molar-refractivity contribution in [2.75, 3.05) is 13.2 Å². The van der Waals surface area contributed by atoms with Gasteiger partial charge in [-0.25, -0.2) is 9.59 Å². The molecule has 0 bridgehead atoms. The normalized spacial score (nSPS) is 27.7. The molecule has 2 aliphatic heterocycles. The second-order valence-corrected chi connectivity index (χ2v) is 13.1. The smallest absolute Gasteiger partial charge is 0.408 e. The number of nitrogens with one attached hydrogen (secondary N) is 2. The molecule has 5 atom stereocenters. The van der Waals surface area contributed by atoms with Crippen LogP contribution in [0.4, 0.5) is 4.79 Å². The van der Waals surface area contributed by atoms with E-state index in [9.17, 15) is 24.3 Å². The number of rotatable bonds is 6. The lowest BCUT2D eigenvalue weighted by Crippen LogP contribution is -2.56. The number of benzene rings is 1. The van der Waals surface area contributed by atoms with E-state index >= 15 is 0 Å². The number of carboxylic acids is 1. The van der Waals surface area contributed by atoms with E-state index in [1.165, 1.54) is 9.70 Å².